The van der Waals surface area contributed by atoms with Gasteiger partial charge in [0.1, 0.15) is 10.7 Å². The maximum atomic E-state index is 10.3. The summed E-state index contributed by atoms with van der Waals surface area (Å²) in [4.78, 5) is 12.1. The number of rotatable bonds is 1. The van der Waals surface area contributed by atoms with Crippen LogP contribution in [0.2, 0.25) is 0 Å². The second-order valence-electron chi connectivity index (χ2n) is 1.95. The Kier molecular flexibility index (Phi) is 2.16. The molecule has 0 aliphatic carbocycles. The third-order valence-electron chi connectivity index (χ3n) is 1.21. The van der Waals surface area contributed by atoms with Gasteiger partial charge in [0.15, 0.2) is 5.69 Å². The van der Waals surface area contributed by atoms with Gasteiger partial charge in [-0.05, 0) is 6.07 Å². The average Bonchev–Trinajstić information content (AvgIpc) is 2.03. The molecule has 0 spiro atoms. The van der Waals surface area contributed by atoms with Crippen molar-refractivity contribution in [3.63, 3.8) is 0 Å². The molecular formula is C6H3N3O2S. The molecule has 1 heterocycles. The van der Waals surface area contributed by atoms with E-state index >= 15 is 0 Å². The summed E-state index contributed by atoms with van der Waals surface area (Å²) in [5.41, 5.74) is -0.376. The fourth-order valence-corrected chi connectivity index (χ4v) is 0.874. The smallest absolute Gasteiger partial charge is 0.303 e. The average molecular weight is 181 g/mol. The van der Waals surface area contributed by atoms with Crippen molar-refractivity contribution >= 4 is 17.9 Å². The highest BCUT2D eigenvalue weighted by Gasteiger charge is 2.11. The van der Waals surface area contributed by atoms with E-state index in [1.54, 1.807) is 6.07 Å². The molecule has 0 fully saturated rings. The van der Waals surface area contributed by atoms with Crippen molar-refractivity contribution in [3.8, 4) is 6.07 Å². The van der Waals surface area contributed by atoms with Gasteiger partial charge in [-0.1, -0.05) is 12.2 Å². The molecule has 12 heavy (non-hydrogen) atoms. The minimum Gasteiger partial charge on any atom is -0.332 e. The number of aromatic nitrogens is 1. The summed E-state index contributed by atoms with van der Waals surface area (Å²) in [6, 6.07) is 4.23. The molecule has 5 nitrogen and oxygen atoms in total. The Morgan fingerprint density at radius 2 is 2.33 bits per heavy atom. The van der Waals surface area contributed by atoms with E-state index in [9.17, 15) is 10.1 Å². The van der Waals surface area contributed by atoms with Gasteiger partial charge in [-0.25, -0.2) is 0 Å². The Morgan fingerprint density at radius 3 is 2.83 bits per heavy atom. The first-order valence-corrected chi connectivity index (χ1v) is 3.34. The zero-order valence-corrected chi connectivity index (χ0v) is 6.59. The molecule has 0 bridgehead atoms. The SMILES string of the molecule is N#Cc1[nH]c(=S)ccc1[N+](=O)[O-]. The van der Waals surface area contributed by atoms with Crippen LogP contribution in [0.15, 0.2) is 12.1 Å². The highest BCUT2D eigenvalue weighted by atomic mass is 32.1. The number of nitrogens with zero attached hydrogens (tertiary/aromatic N) is 2. The van der Waals surface area contributed by atoms with Gasteiger partial charge in [0.25, 0.3) is 0 Å². The van der Waals surface area contributed by atoms with Gasteiger partial charge in [-0.15, -0.1) is 0 Å². The molecule has 0 aliphatic heterocycles. The van der Waals surface area contributed by atoms with Crippen molar-refractivity contribution in [3.05, 3.63) is 32.6 Å². The van der Waals surface area contributed by atoms with Crippen molar-refractivity contribution in [1.82, 2.24) is 4.98 Å². The maximum Gasteiger partial charge on any atom is 0.303 e. The quantitative estimate of drug-likeness (QED) is 0.404. The topological polar surface area (TPSA) is 82.7 Å². The molecule has 0 radical (unpaired) electrons. The molecule has 0 amide bonds. The highest BCUT2D eigenvalue weighted by Crippen LogP contribution is 2.13. The summed E-state index contributed by atoms with van der Waals surface area (Å²) < 4.78 is 0.303. The predicted molar refractivity (Wildman–Crippen MR) is 43.0 cm³/mol. The minimum absolute atomic E-state index is 0.118. The largest absolute Gasteiger partial charge is 0.332 e. The number of H-pyrrole nitrogens is 1. The van der Waals surface area contributed by atoms with E-state index in [-0.39, 0.29) is 11.4 Å². The van der Waals surface area contributed by atoms with Crippen molar-refractivity contribution in [2.45, 2.75) is 0 Å². The molecule has 0 unspecified atom stereocenters. The van der Waals surface area contributed by atoms with Crippen molar-refractivity contribution in [2.75, 3.05) is 0 Å². The lowest BCUT2D eigenvalue weighted by molar-refractivity contribution is -0.385. The first-order valence-electron chi connectivity index (χ1n) is 2.93. The number of pyridine rings is 1. The zero-order chi connectivity index (χ0) is 9.14. The van der Waals surface area contributed by atoms with Crippen molar-refractivity contribution in [1.29, 1.82) is 5.26 Å². The summed E-state index contributed by atoms with van der Waals surface area (Å²) in [6.07, 6.45) is 0. The molecule has 0 saturated carbocycles. The Morgan fingerprint density at radius 1 is 1.67 bits per heavy atom. The second kappa shape index (κ2) is 3.11. The van der Waals surface area contributed by atoms with Gasteiger partial charge in [-0.2, -0.15) is 5.26 Å². The fraction of sp³-hybridized carbons (Fsp3) is 0. The van der Waals surface area contributed by atoms with Crippen LogP contribution in [0.4, 0.5) is 5.69 Å². The lowest BCUT2D eigenvalue weighted by Crippen LogP contribution is -1.94. The van der Waals surface area contributed by atoms with Gasteiger partial charge in [0, 0.05) is 6.07 Å². The van der Waals surface area contributed by atoms with Crippen LogP contribution in [0.3, 0.4) is 0 Å². The van der Waals surface area contributed by atoms with Crippen molar-refractivity contribution in [2.24, 2.45) is 0 Å². The number of nitro groups is 1. The molecule has 1 N–H and O–H groups in total. The zero-order valence-electron chi connectivity index (χ0n) is 5.77. The Bertz CT molecular complexity index is 418. The number of nitrogens with one attached hydrogen (secondary N) is 1. The Balaban J connectivity index is 3.42. The monoisotopic (exact) mass is 181 g/mol. The van der Waals surface area contributed by atoms with E-state index in [4.69, 9.17) is 5.26 Å². The summed E-state index contributed by atoms with van der Waals surface area (Å²) in [7, 11) is 0. The third-order valence-corrected chi connectivity index (χ3v) is 1.44. The van der Waals surface area contributed by atoms with Gasteiger partial charge < -0.3 is 4.98 Å². The predicted octanol–water partition coefficient (Wildman–Crippen LogP) is 1.52. The number of hydrogen-bond donors (Lipinski definition) is 1. The minimum atomic E-state index is -0.635. The number of hydrogen-bond acceptors (Lipinski definition) is 4. The summed E-state index contributed by atoms with van der Waals surface area (Å²) in [5, 5.41) is 18.8. The Labute approximate surface area is 72.4 Å². The molecular weight excluding hydrogens is 178 g/mol. The second-order valence-corrected chi connectivity index (χ2v) is 2.39. The molecule has 0 saturated heterocycles. The van der Waals surface area contributed by atoms with E-state index in [1.807, 2.05) is 0 Å². The van der Waals surface area contributed by atoms with Crippen LogP contribution in [-0.4, -0.2) is 9.91 Å². The van der Waals surface area contributed by atoms with Crippen LogP contribution >= 0.6 is 12.2 Å². The highest BCUT2D eigenvalue weighted by molar-refractivity contribution is 7.71. The van der Waals surface area contributed by atoms with Crippen LogP contribution in [-0.2, 0) is 0 Å². The molecule has 60 valence electrons. The summed E-state index contributed by atoms with van der Waals surface area (Å²) >= 11 is 4.68. The van der Waals surface area contributed by atoms with Crippen LogP contribution in [0.1, 0.15) is 5.69 Å². The van der Waals surface area contributed by atoms with Gasteiger partial charge >= 0.3 is 5.69 Å². The number of aromatic amines is 1. The van der Waals surface area contributed by atoms with Crippen LogP contribution in [0.25, 0.3) is 0 Å². The lowest BCUT2D eigenvalue weighted by atomic mass is 10.3. The lowest BCUT2D eigenvalue weighted by Gasteiger charge is -1.92. The standard InChI is InChI=1S/C6H3N3O2S/c7-3-4-5(9(10)11)1-2-6(12)8-4/h1-2H,(H,8,12). The van der Waals surface area contributed by atoms with Crippen LogP contribution in [0, 0.1) is 26.1 Å². The van der Waals surface area contributed by atoms with Crippen molar-refractivity contribution < 1.29 is 4.92 Å². The summed E-state index contributed by atoms with van der Waals surface area (Å²) in [5.74, 6) is 0. The Hall–Kier alpha value is -1.74. The maximum absolute atomic E-state index is 10.3. The fourth-order valence-electron chi connectivity index (χ4n) is 0.704. The van der Waals surface area contributed by atoms with E-state index in [0.29, 0.717) is 4.64 Å². The van der Waals surface area contributed by atoms with Crippen LogP contribution in [0.5, 0.6) is 0 Å². The molecule has 0 aromatic carbocycles. The van der Waals surface area contributed by atoms with Crippen LogP contribution < -0.4 is 0 Å². The first kappa shape index (κ1) is 8.36. The molecule has 1 aromatic rings. The normalized spacial score (nSPS) is 8.92. The molecule has 0 aliphatic rings. The van der Waals surface area contributed by atoms with E-state index in [0.717, 1.165) is 0 Å². The van der Waals surface area contributed by atoms with E-state index < -0.39 is 4.92 Å². The van der Waals surface area contributed by atoms with Gasteiger partial charge in [0.05, 0.1) is 4.92 Å². The first-order chi connectivity index (χ1) is 5.65. The third kappa shape index (κ3) is 1.46. The van der Waals surface area contributed by atoms with Gasteiger partial charge in [-0.3, -0.25) is 10.1 Å². The van der Waals surface area contributed by atoms with E-state index in [1.165, 1.54) is 12.1 Å². The molecule has 1 rings (SSSR count). The summed E-state index contributed by atoms with van der Waals surface area (Å²) in [6.45, 7) is 0. The number of nitriles is 1. The van der Waals surface area contributed by atoms with Gasteiger partial charge in [0.2, 0.25) is 0 Å². The molecule has 1 aromatic heterocycles. The molecule has 0 atom stereocenters. The van der Waals surface area contributed by atoms with E-state index in [2.05, 4.69) is 17.2 Å². The molecule has 6 heteroatoms.